The van der Waals surface area contributed by atoms with Crippen LogP contribution < -0.4 is 4.72 Å². The average Bonchev–Trinajstić information content (AvgIpc) is 2.90. The third-order valence-electron chi connectivity index (χ3n) is 3.62. The van der Waals surface area contributed by atoms with Gasteiger partial charge in [-0.1, -0.05) is 6.92 Å². The van der Waals surface area contributed by atoms with Gasteiger partial charge in [0.1, 0.15) is 0 Å². The number of hydrogen-bond donors (Lipinski definition) is 1. The van der Waals surface area contributed by atoms with E-state index in [2.05, 4.69) is 4.72 Å². The highest BCUT2D eigenvalue weighted by Gasteiger charge is 2.22. The first kappa shape index (κ1) is 16.5. The van der Waals surface area contributed by atoms with Crippen LogP contribution in [-0.4, -0.2) is 38.9 Å². The van der Waals surface area contributed by atoms with Gasteiger partial charge in [-0.15, -0.1) is 0 Å². The highest BCUT2D eigenvalue weighted by atomic mass is 32.2. The molecule has 1 aromatic rings. The van der Waals surface area contributed by atoms with Crippen molar-refractivity contribution >= 4 is 15.9 Å². The van der Waals surface area contributed by atoms with E-state index in [1.165, 1.54) is 24.3 Å². The minimum absolute atomic E-state index is 0.0372. The SMILES string of the molecule is CC(CNS(=O)(=O)c1ccc(C#N)cc1)CN1CCCC1=O. The molecular weight excluding hydrogens is 302 g/mol. The largest absolute Gasteiger partial charge is 0.342 e. The molecule has 0 spiro atoms. The van der Waals surface area contributed by atoms with Crippen LogP contribution in [0.5, 0.6) is 0 Å². The summed E-state index contributed by atoms with van der Waals surface area (Å²) < 4.78 is 26.9. The lowest BCUT2D eigenvalue weighted by molar-refractivity contribution is -0.128. The highest BCUT2D eigenvalue weighted by molar-refractivity contribution is 7.89. The fourth-order valence-corrected chi connectivity index (χ4v) is 3.55. The maximum Gasteiger partial charge on any atom is 0.240 e. The summed E-state index contributed by atoms with van der Waals surface area (Å²) in [4.78, 5) is 13.5. The Balaban J connectivity index is 1.91. The molecular formula is C15H19N3O3S. The van der Waals surface area contributed by atoms with Crippen LogP contribution in [0.2, 0.25) is 0 Å². The molecule has 1 aliphatic rings. The number of carbonyl (C=O) groups excluding carboxylic acids is 1. The van der Waals surface area contributed by atoms with Gasteiger partial charge in [0, 0.05) is 26.1 Å². The smallest absolute Gasteiger partial charge is 0.240 e. The molecule has 0 aromatic heterocycles. The Morgan fingerprint density at radius 2 is 2.05 bits per heavy atom. The van der Waals surface area contributed by atoms with Gasteiger partial charge in [-0.2, -0.15) is 5.26 Å². The van der Waals surface area contributed by atoms with Crippen molar-refractivity contribution < 1.29 is 13.2 Å². The second kappa shape index (κ2) is 6.90. The van der Waals surface area contributed by atoms with Crippen molar-refractivity contribution in [2.45, 2.75) is 24.7 Å². The number of carbonyl (C=O) groups is 1. The molecule has 1 N–H and O–H groups in total. The lowest BCUT2D eigenvalue weighted by Crippen LogP contribution is -2.36. The number of rotatable bonds is 6. The molecule has 1 saturated heterocycles. The van der Waals surface area contributed by atoms with Crippen LogP contribution in [-0.2, 0) is 14.8 Å². The first-order valence-corrected chi connectivity index (χ1v) is 8.68. The third-order valence-corrected chi connectivity index (χ3v) is 5.06. The topological polar surface area (TPSA) is 90.3 Å². The minimum atomic E-state index is -3.59. The minimum Gasteiger partial charge on any atom is -0.342 e. The number of nitrogens with zero attached hydrogens (tertiary/aromatic N) is 2. The Kier molecular flexibility index (Phi) is 5.16. The van der Waals surface area contributed by atoms with Crippen LogP contribution in [0.25, 0.3) is 0 Å². The summed E-state index contributed by atoms with van der Waals surface area (Å²) in [6.45, 7) is 3.50. The van der Waals surface area contributed by atoms with Gasteiger partial charge in [-0.3, -0.25) is 4.79 Å². The van der Waals surface area contributed by atoms with E-state index in [1.54, 1.807) is 4.90 Å². The quantitative estimate of drug-likeness (QED) is 0.849. The molecule has 6 nitrogen and oxygen atoms in total. The number of sulfonamides is 1. The standard InChI is InChI=1S/C15H19N3O3S/c1-12(11-18-8-2-3-15(18)19)10-17-22(20,21)14-6-4-13(9-16)5-7-14/h4-7,12,17H,2-3,8,10-11H2,1H3. The van der Waals surface area contributed by atoms with Gasteiger partial charge in [-0.05, 0) is 36.6 Å². The molecule has 0 bridgehead atoms. The Hall–Kier alpha value is -1.91. The van der Waals surface area contributed by atoms with Crippen molar-refractivity contribution in [3.8, 4) is 6.07 Å². The molecule has 1 fully saturated rings. The molecule has 1 amide bonds. The van der Waals surface area contributed by atoms with E-state index in [0.29, 0.717) is 18.5 Å². The van der Waals surface area contributed by atoms with Gasteiger partial charge >= 0.3 is 0 Å². The maximum absolute atomic E-state index is 12.2. The first-order chi connectivity index (χ1) is 10.4. The van der Waals surface area contributed by atoms with Crippen LogP contribution >= 0.6 is 0 Å². The molecule has 1 atom stereocenters. The van der Waals surface area contributed by atoms with Gasteiger partial charge in [0.25, 0.3) is 0 Å². The summed E-state index contributed by atoms with van der Waals surface area (Å²) in [5.74, 6) is 0.178. The fraction of sp³-hybridized carbons (Fsp3) is 0.467. The number of nitrogens with one attached hydrogen (secondary N) is 1. The number of hydrogen-bond acceptors (Lipinski definition) is 4. The first-order valence-electron chi connectivity index (χ1n) is 7.20. The normalized spacial score (nSPS) is 16.5. The maximum atomic E-state index is 12.2. The van der Waals surface area contributed by atoms with Crippen molar-refractivity contribution in [3.63, 3.8) is 0 Å². The zero-order valence-corrected chi connectivity index (χ0v) is 13.3. The zero-order chi connectivity index (χ0) is 16.2. The van der Waals surface area contributed by atoms with Crippen molar-refractivity contribution in [1.82, 2.24) is 9.62 Å². The number of nitriles is 1. The van der Waals surface area contributed by atoms with Crippen LogP contribution in [0, 0.1) is 17.2 Å². The van der Waals surface area contributed by atoms with E-state index in [0.717, 1.165) is 13.0 Å². The van der Waals surface area contributed by atoms with E-state index < -0.39 is 10.0 Å². The molecule has 1 aliphatic heterocycles. The van der Waals surface area contributed by atoms with Crippen LogP contribution in [0.1, 0.15) is 25.3 Å². The van der Waals surface area contributed by atoms with E-state index in [4.69, 9.17) is 5.26 Å². The molecule has 1 unspecified atom stereocenters. The fourth-order valence-electron chi connectivity index (χ4n) is 2.38. The third kappa shape index (κ3) is 4.06. The summed E-state index contributed by atoms with van der Waals surface area (Å²) in [6, 6.07) is 7.72. The van der Waals surface area contributed by atoms with Crippen molar-refractivity contribution in [2.24, 2.45) is 5.92 Å². The monoisotopic (exact) mass is 321 g/mol. The summed E-state index contributed by atoms with van der Waals surface area (Å²) >= 11 is 0. The predicted molar refractivity (Wildman–Crippen MR) is 81.3 cm³/mol. The molecule has 0 radical (unpaired) electrons. The van der Waals surface area contributed by atoms with Crippen molar-refractivity contribution in [1.29, 1.82) is 5.26 Å². The van der Waals surface area contributed by atoms with Gasteiger partial charge in [0.05, 0.1) is 16.5 Å². The van der Waals surface area contributed by atoms with Crippen LogP contribution in [0.15, 0.2) is 29.2 Å². The Morgan fingerprint density at radius 3 is 2.59 bits per heavy atom. The Bertz CT molecular complexity index is 677. The van der Waals surface area contributed by atoms with Crippen molar-refractivity contribution in [3.05, 3.63) is 29.8 Å². The molecule has 22 heavy (non-hydrogen) atoms. The second-order valence-electron chi connectivity index (χ2n) is 5.54. The average molecular weight is 321 g/mol. The number of benzene rings is 1. The summed E-state index contributed by atoms with van der Waals surface area (Å²) in [5, 5.41) is 8.72. The van der Waals surface area contributed by atoms with Crippen molar-refractivity contribution in [2.75, 3.05) is 19.6 Å². The highest BCUT2D eigenvalue weighted by Crippen LogP contribution is 2.13. The summed E-state index contributed by atoms with van der Waals surface area (Å²) in [7, 11) is -3.59. The summed E-state index contributed by atoms with van der Waals surface area (Å²) in [5.41, 5.74) is 0.417. The number of amides is 1. The molecule has 1 heterocycles. The molecule has 0 aliphatic carbocycles. The summed E-state index contributed by atoms with van der Waals surface area (Å²) in [6.07, 6.45) is 1.46. The van der Waals surface area contributed by atoms with Crippen LogP contribution in [0.3, 0.4) is 0 Å². The van der Waals surface area contributed by atoms with E-state index in [9.17, 15) is 13.2 Å². The Labute approximate surface area is 130 Å². The number of likely N-dealkylation sites (tertiary alicyclic amines) is 1. The molecule has 7 heteroatoms. The second-order valence-corrected chi connectivity index (χ2v) is 7.30. The molecule has 2 rings (SSSR count). The van der Waals surface area contributed by atoms with E-state index in [-0.39, 0.29) is 23.3 Å². The predicted octanol–water partition coefficient (Wildman–Crippen LogP) is 1.10. The van der Waals surface area contributed by atoms with Gasteiger partial charge in [0.15, 0.2) is 0 Å². The Morgan fingerprint density at radius 1 is 1.36 bits per heavy atom. The molecule has 1 aromatic carbocycles. The lowest BCUT2D eigenvalue weighted by Gasteiger charge is -2.21. The zero-order valence-electron chi connectivity index (χ0n) is 12.4. The molecule has 0 saturated carbocycles. The van der Waals surface area contributed by atoms with Gasteiger partial charge in [-0.25, -0.2) is 13.1 Å². The van der Waals surface area contributed by atoms with E-state index >= 15 is 0 Å². The molecule has 118 valence electrons. The van der Waals surface area contributed by atoms with Gasteiger partial charge in [0.2, 0.25) is 15.9 Å². The van der Waals surface area contributed by atoms with Crippen LogP contribution in [0.4, 0.5) is 0 Å². The van der Waals surface area contributed by atoms with Gasteiger partial charge < -0.3 is 4.90 Å². The lowest BCUT2D eigenvalue weighted by atomic mass is 10.2. The van der Waals surface area contributed by atoms with E-state index in [1.807, 2.05) is 13.0 Å².